The summed E-state index contributed by atoms with van der Waals surface area (Å²) in [4.78, 5) is 0. The Morgan fingerprint density at radius 3 is 2.57 bits per heavy atom. The molecule has 2 aliphatic rings. The van der Waals surface area contributed by atoms with Crippen molar-refractivity contribution in [3.8, 4) is 0 Å². The zero-order valence-electron chi connectivity index (χ0n) is 18.7. The maximum Gasteiger partial charge on any atom is 0.498 e. The number of aromatic nitrogens is 2. The average molecular weight is 324 g/mol. The number of ether oxygens (including phenoxy) is 1. The maximum absolute atomic E-state index is 8.45. The van der Waals surface area contributed by atoms with Crippen molar-refractivity contribution >= 4 is 12.6 Å². The van der Waals surface area contributed by atoms with Crippen LogP contribution in [0.25, 0.3) is 0 Å². The van der Waals surface area contributed by atoms with Crippen LogP contribution in [0.4, 0.5) is 0 Å². The highest BCUT2D eigenvalue weighted by molar-refractivity contribution is 6.63. The minimum Gasteiger partial charge on any atom is -0.399 e. The molecule has 0 aliphatic carbocycles. The van der Waals surface area contributed by atoms with Crippen molar-refractivity contribution in [2.75, 3.05) is 6.61 Å². The predicted octanol–water partition coefficient (Wildman–Crippen LogP) is 2.75. The number of rotatable bonds is 3. The van der Waals surface area contributed by atoms with E-state index in [4.69, 9.17) is 19.5 Å². The minimum absolute atomic E-state index is 0.304. The van der Waals surface area contributed by atoms with E-state index in [-0.39, 0.29) is 6.23 Å². The summed E-state index contributed by atoms with van der Waals surface area (Å²) in [6, 6.07) is 0. The molecule has 0 amide bonds. The predicted molar refractivity (Wildman–Crippen MR) is 90.9 cm³/mol. The second-order valence-corrected chi connectivity index (χ2v) is 7.38. The van der Waals surface area contributed by atoms with Gasteiger partial charge in [0.2, 0.25) is 0 Å². The Kier molecular flexibility index (Phi) is 3.21. The molecule has 0 radical (unpaired) electrons. The van der Waals surface area contributed by atoms with Crippen LogP contribution in [0.5, 0.6) is 0 Å². The van der Waals surface area contributed by atoms with Crippen LogP contribution >= 0.6 is 0 Å². The Labute approximate surface area is 145 Å². The third-order valence-corrected chi connectivity index (χ3v) is 5.22. The minimum atomic E-state index is -2.49. The van der Waals surface area contributed by atoms with Crippen molar-refractivity contribution in [2.24, 2.45) is 0 Å². The summed E-state index contributed by atoms with van der Waals surface area (Å²) in [5.74, 6) is 0. The molecule has 2 atom stereocenters. The molecule has 0 bridgehead atoms. The third-order valence-electron chi connectivity index (χ3n) is 5.22. The van der Waals surface area contributed by atoms with E-state index in [0.29, 0.717) is 23.5 Å². The van der Waals surface area contributed by atoms with Gasteiger partial charge in [-0.3, -0.25) is 0 Å². The van der Waals surface area contributed by atoms with Gasteiger partial charge in [0, 0.05) is 23.2 Å². The molecule has 128 valence electrons. The quantitative estimate of drug-likeness (QED) is 0.802. The first-order valence-electron chi connectivity index (χ1n) is 10.4. The zero-order valence-corrected chi connectivity index (χ0v) is 14.7. The van der Waals surface area contributed by atoms with Gasteiger partial charge in [-0.1, -0.05) is 6.85 Å². The van der Waals surface area contributed by atoms with Crippen molar-refractivity contribution < 1.29 is 19.5 Å². The molecule has 0 N–H and O–H groups in total. The average Bonchev–Trinajstić information content (AvgIpc) is 2.99. The standard InChI is InChI=1S/C17H29BN2O3/c1-7-13-15(18-22-16(3,4)17(5,6)23-18)12(2)19-20(13)14-10-8-9-11-21-14/h14H,7-11H2,1-6H3/i1D3,7D. The van der Waals surface area contributed by atoms with E-state index in [1.807, 2.05) is 27.7 Å². The van der Waals surface area contributed by atoms with E-state index >= 15 is 0 Å². The maximum atomic E-state index is 8.45. The van der Waals surface area contributed by atoms with E-state index in [1.54, 1.807) is 11.6 Å². The fourth-order valence-electron chi connectivity index (χ4n) is 3.11. The highest BCUT2D eigenvalue weighted by atomic mass is 16.7. The highest BCUT2D eigenvalue weighted by Gasteiger charge is 2.53. The van der Waals surface area contributed by atoms with Crippen LogP contribution in [0.2, 0.25) is 0 Å². The number of nitrogens with zero attached hydrogens (tertiary/aromatic N) is 2. The zero-order chi connectivity index (χ0) is 20.2. The molecule has 2 aliphatic heterocycles. The molecule has 2 unspecified atom stereocenters. The lowest BCUT2D eigenvalue weighted by Crippen LogP contribution is -2.41. The Morgan fingerprint density at radius 2 is 2.00 bits per heavy atom. The van der Waals surface area contributed by atoms with Crippen LogP contribution < -0.4 is 5.46 Å². The lowest BCUT2D eigenvalue weighted by atomic mass is 9.76. The van der Waals surface area contributed by atoms with Crippen molar-refractivity contribution in [3.05, 3.63) is 11.4 Å². The second kappa shape index (κ2) is 5.90. The molecule has 0 saturated carbocycles. The van der Waals surface area contributed by atoms with E-state index in [0.717, 1.165) is 19.3 Å². The Morgan fingerprint density at radius 1 is 1.30 bits per heavy atom. The smallest absolute Gasteiger partial charge is 0.399 e. The van der Waals surface area contributed by atoms with E-state index in [2.05, 4.69) is 5.10 Å². The molecule has 1 aromatic heterocycles. The normalized spacial score (nSPS) is 31.2. The fourth-order valence-corrected chi connectivity index (χ4v) is 3.11. The molecule has 23 heavy (non-hydrogen) atoms. The number of aryl methyl sites for hydroxylation is 1. The van der Waals surface area contributed by atoms with Crippen molar-refractivity contribution in [2.45, 2.75) is 84.6 Å². The molecule has 0 aromatic carbocycles. The summed E-state index contributed by atoms with van der Waals surface area (Å²) in [6.07, 6.45) is 0.868. The SMILES string of the molecule is [2H]C(c1c(B2OC(C)(C)C(C)(C)O2)c(C)nn1C1CCCCO1)C([2H])([2H])[2H]. The van der Waals surface area contributed by atoms with Crippen molar-refractivity contribution in [1.82, 2.24) is 9.78 Å². The summed E-state index contributed by atoms with van der Waals surface area (Å²) in [5, 5.41) is 4.57. The van der Waals surface area contributed by atoms with Gasteiger partial charge in [-0.2, -0.15) is 5.10 Å². The summed E-state index contributed by atoms with van der Waals surface area (Å²) < 4.78 is 51.6. The van der Waals surface area contributed by atoms with Crippen LogP contribution in [0, 0.1) is 6.92 Å². The number of hydrogen-bond acceptors (Lipinski definition) is 4. The van der Waals surface area contributed by atoms with Crippen LogP contribution in [0.15, 0.2) is 0 Å². The molecule has 3 rings (SSSR count). The first kappa shape index (κ1) is 12.5. The van der Waals surface area contributed by atoms with Crippen LogP contribution in [0.1, 0.15) is 76.9 Å². The van der Waals surface area contributed by atoms with Gasteiger partial charge in [0.25, 0.3) is 0 Å². The van der Waals surface area contributed by atoms with Gasteiger partial charge in [0.1, 0.15) is 6.23 Å². The second-order valence-electron chi connectivity index (χ2n) is 7.38. The van der Waals surface area contributed by atoms with Gasteiger partial charge in [0.05, 0.1) is 16.9 Å². The van der Waals surface area contributed by atoms with Gasteiger partial charge < -0.3 is 14.0 Å². The van der Waals surface area contributed by atoms with Crippen LogP contribution in [-0.2, 0) is 20.4 Å². The largest absolute Gasteiger partial charge is 0.498 e. The molecular weight excluding hydrogens is 291 g/mol. The van der Waals surface area contributed by atoms with Gasteiger partial charge in [0.15, 0.2) is 0 Å². The third kappa shape index (κ3) is 2.85. The first-order valence-corrected chi connectivity index (χ1v) is 8.33. The Balaban J connectivity index is 2.09. The highest BCUT2D eigenvalue weighted by Crippen LogP contribution is 2.37. The summed E-state index contributed by atoms with van der Waals surface area (Å²) in [7, 11) is -0.766. The topological polar surface area (TPSA) is 45.5 Å². The van der Waals surface area contributed by atoms with Gasteiger partial charge >= 0.3 is 7.12 Å². The molecule has 5 nitrogen and oxygen atoms in total. The van der Waals surface area contributed by atoms with Crippen LogP contribution in [-0.4, -0.2) is 34.7 Å². The monoisotopic (exact) mass is 324 g/mol. The van der Waals surface area contributed by atoms with E-state index in [1.165, 1.54) is 0 Å². The van der Waals surface area contributed by atoms with E-state index < -0.39 is 31.6 Å². The lowest BCUT2D eigenvalue weighted by molar-refractivity contribution is -0.0411. The lowest BCUT2D eigenvalue weighted by Gasteiger charge is -2.32. The molecule has 1 aromatic rings. The molecule has 0 spiro atoms. The molecule has 2 fully saturated rings. The van der Waals surface area contributed by atoms with E-state index in [9.17, 15) is 0 Å². The number of hydrogen-bond donors (Lipinski definition) is 0. The van der Waals surface area contributed by atoms with Gasteiger partial charge in [-0.05, 0) is 60.3 Å². The van der Waals surface area contributed by atoms with Crippen molar-refractivity contribution in [1.29, 1.82) is 0 Å². The van der Waals surface area contributed by atoms with Crippen molar-refractivity contribution in [3.63, 3.8) is 0 Å². The fraction of sp³-hybridized carbons (Fsp3) is 0.824. The molecule has 6 heteroatoms. The van der Waals surface area contributed by atoms with Gasteiger partial charge in [-0.25, -0.2) is 4.68 Å². The Bertz CT molecular complexity index is 683. The summed E-state index contributed by atoms with van der Waals surface area (Å²) in [5.41, 5.74) is 0.320. The summed E-state index contributed by atoms with van der Waals surface area (Å²) >= 11 is 0. The first-order chi connectivity index (χ1) is 12.3. The molecule has 3 heterocycles. The molecular formula is C17H29BN2O3. The van der Waals surface area contributed by atoms with Gasteiger partial charge in [-0.15, -0.1) is 0 Å². The summed E-state index contributed by atoms with van der Waals surface area (Å²) in [6.45, 7) is 7.69. The molecule has 2 saturated heterocycles. The Hall–Kier alpha value is -0.845. The van der Waals surface area contributed by atoms with Crippen LogP contribution in [0.3, 0.4) is 0 Å².